The van der Waals surface area contributed by atoms with Gasteiger partial charge >= 0.3 is 0 Å². The Hall–Kier alpha value is -1.46. The van der Waals surface area contributed by atoms with Crippen LogP contribution >= 0.6 is 0 Å². The zero-order valence-electron chi connectivity index (χ0n) is 19.4. The maximum Gasteiger partial charge on any atom is 0.163 e. The van der Waals surface area contributed by atoms with E-state index in [9.17, 15) is 4.79 Å². The van der Waals surface area contributed by atoms with E-state index >= 15 is 0 Å². The minimum absolute atomic E-state index is 0.00373. The Labute approximate surface area is 185 Å². The Balaban J connectivity index is 1.48. The average molecular weight is 426 g/mol. The largest absolute Gasteiger partial charge is 0.399 e. The second-order valence-electron chi connectivity index (χ2n) is 11.8. The molecule has 0 aromatic rings. The Morgan fingerprint density at radius 1 is 1.26 bits per heavy atom. The SMILES string of the molecule is CO/N=C/[C@@H]1CC2=CC(=O)CC[C@]2(C)C2=CC[C@@]3(C)C(C21)[C@@H]1C[C@@H]1[C@@]31COC(C)(C)O1. The lowest BCUT2D eigenvalue weighted by Crippen LogP contribution is -2.56. The molecule has 0 aromatic heterocycles. The fourth-order valence-electron chi connectivity index (χ4n) is 8.52. The van der Waals surface area contributed by atoms with Gasteiger partial charge in [-0.2, -0.15) is 0 Å². The number of ketones is 1. The highest BCUT2D eigenvalue weighted by molar-refractivity contribution is 5.92. The molecule has 1 aliphatic heterocycles. The molecule has 5 nitrogen and oxygen atoms in total. The van der Waals surface area contributed by atoms with Crippen LogP contribution < -0.4 is 0 Å². The number of rotatable bonds is 2. The second-order valence-corrected chi connectivity index (χ2v) is 11.8. The van der Waals surface area contributed by atoms with Gasteiger partial charge in [0, 0.05) is 29.4 Å². The van der Waals surface area contributed by atoms with Crippen molar-refractivity contribution in [2.45, 2.75) is 71.2 Å². The highest BCUT2D eigenvalue weighted by Gasteiger charge is 2.79. The van der Waals surface area contributed by atoms with Crippen LogP contribution in [0.15, 0.2) is 28.5 Å². The Bertz CT molecular complexity index is 934. The van der Waals surface area contributed by atoms with Crippen LogP contribution in [0.1, 0.15) is 59.8 Å². The van der Waals surface area contributed by atoms with Crippen LogP contribution in [0, 0.1) is 40.4 Å². The van der Waals surface area contributed by atoms with Gasteiger partial charge in [0.1, 0.15) is 12.7 Å². The average Bonchev–Trinajstić information content (AvgIpc) is 3.38. The molecule has 5 heteroatoms. The first-order valence-electron chi connectivity index (χ1n) is 12.0. The lowest BCUT2D eigenvalue weighted by molar-refractivity contribution is -0.197. The summed E-state index contributed by atoms with van der Waals surface area (Å²) in [5.74, 6) is 2.28. The van der Waals surface area contributed by atoms with Crippen LogP contribution in [-0.2, 0) is 19.1 Å². The summed E-state index contributed by atoms with van der Waals surface area (Å²) in [5.41, 5.74) is 2.72. The first-order valence-corrected chi connectivity index (χ1v) is 12.0. The van der Waals surface area contributed by atoms with Crippen LogP contribution in [0.25, 0.3) is 0 Å². The summed E-state index contributed by atoms with van der Waals surface area (Å²) in [6.07, 6.45) is 11.2. The predicted molar refractivity (Wildman–Crippen MR) is 117 cm³/mol. The summed E-state index contributed by atoms with van der Waals surface area (Å²) in [6.45, 7) is 9.67. The highest BCUT2D eigenvalue weighted by atomic mass is 16.8. The topological polar surface area (TPSA) is 57.1 Å². The van der Waals surface area contributed by atoms with Crippen molar-refractivity contribution in [3.8, 4) is 0 Å². The zero-order valence-corrected chi connectivity index (χ0v) is 19.4. The van der Waals surface area contributed by atoms with Crippen LogP contribution in [0.2, 0.25) is 0 Å². The van der Waals surface area contributed by atoms with E-state index in [0.29, 0.717) is 36.7 Å². The number of carbonyl (C=O) groups excluding carboxylic acids is 1. The number of allylic oxidation sites excluding steroid dienone is 4. The van der Waals surface area contributed by atoms with Gasteiger partial charge in [0.05, 0.1) is 6.61 Å². The molecule has 2 unspecified atom stereocenters. The van der Waals surface area contributed by atoms with Gasteiger partial charge in [-0.3, -0.25) is 4.79 Å². The third kappa shape index (κ3) is 2.45. The van der Waals surface area contributed by atoms with Gasteiger partial charge in [-0.1, -0.05) is 36.2 Å². The molecule has 0 N–H and O–H groups in total. The highest BCUT2D eigenvalue weighted by Crippen LogP contribution is 2.78. The molecule has 0 amide bonds. The Morgan fingerprint density at radius 2 is 2.06 bits per heavy atom. The van der Waals surface area contributed by atoms with Crippen LogP contribution in [0.4, 0.5) is 0 Å². The van der Waals surface area contributed by atoms with Gasteiger partial charge in [-0.25, -0.2) is 0 Å². The lowest BCUT2D eigenvalue weighted by Gasteiger charge is -2.58. The third-order valence-corrected chi connectivity index (χ3v) is 9.98. The maximum atomic E-state index is 12.3. The predicted octanol–water partition coefficient (Wildman–Crippen LogP) is 4.67. The van der Waals surface area contributed by atoms with E-state index in [1.807, 2.05) is 12.3 Å². The van der Waals surface area contributed by atoms with Gasteiger partial charge in [-0.15, -0.1) is 0 Å². The monoisotopic (exact) mass is 425 g/mol. The van der Waals surface area contributed by atoms with Gasteiger partial charge in [0.2, 0.25) is 0 Å². The number of carbonyl (C=O) groups is 1. The molecular weight excluding hydrogens is 390 g/mol. The molecule has 6 rings (SSSR count). The summed E-state index contributed by atoms with van der Waals surface area (Å²) >= 11 is 0. The standard InChI is InChI=1S/C26H35NO4/c1-23(2)30-14-26(31-23)20-12-18(20)22-21-15(13-27-29-5)10-16-11-17(28)6-8-24(16,3)19(21)7-9-25(22,26)4/h7,11,13,15,18,20-22H,6,8-10,12,14H2,1-5H3/b27-13+/t15-,18+,20-,21?,22?,24-,25-,26-/m0/s1. The quantitative estimate of drug-likeness (QED) is 0.366. The van der Waals surface area contributed by atoms with Gasteiger partial charge in [0.15, 0.2) is 11.6 Å². The number of oxime groups is 1. The molecular formula is C26H35NO4. The molecule has 8 atom stereocenters. The minimum atomic E-state index is -0.510. The van der Waals surface area contributed by atoms with Crippen molar-refractivity contribution in [3.05, 3.63) is 23.3 Å². The minimum Gasteiger partial charge on any atom is -0.399 e. The molecule has 6 aliphatic rings. The molecule has 0 radical (unpaired) electrons. The van der Waals surface area contributed by atoms with E-state index in [2.05, 4.69) is 38.9 Å². The maximum absolute atomic E-state index is 12.3. The van der Waals surface area contributed by atoms with E-state index in [0.717, 1.165) is 19.3 Å². The molecule has 3 saturated carbocycles. The third-order valence-electron chi connectivity index (χ3n) is 9.98. The van der Waals surface area contributed by atoms with Crippen molar-refractivity contribution < 1.29 is 19.1 Å². The molecule has 1 saturated heterocycles. The van der Waals surface area contributed by atoms with E-state index < -0.39 is 5.79 Å². The molecule has 5 aliphatic carbocycles. The summed E-state index contributed by atoms with van der Waals surface area (Å²) in [5, 5.41) is 4.23. The molecule has 1 heterocycles. The number of nitrogens with zero attached hydrogens (tertiary/aromatic N) is 1. The Morgan fingerprint density at radius 3 is 2.77 bits per heavy atom. The number of fused-ring (bicyclic) bond motifs is 9. The van der Waals surface area contributed by atoms with Gasteiger partial charge in [-0.05, 0) is 69.3 Å². The van der Waals surface area contributed by atoms with Crippen molar-refractivity contribution in [2.75, 3.05) is 13.7 Å². The van der Waals surface area contributed by atoms with E-state index in [-0.39, 0.29) is 28.1 Å². The van der Waals surface area contributed by atoms with Crippen LogP contribution in [-0.4, -0.2) is 37.1 Å². The van der Waals surface area contributed by atoms with Crippen molar-refractivity contribution in [3.63, 3.8) is 0 Å². The molecule has 4 fully saturated rings. The summed E-state index contributed by atoms with van der Waals surface area (Å²) in [6, 6.07) is 0. The first-order chi connectivity index (χ1) is 14.7. The number of hydrogen-bond donors (Lipinski definition) is 0. The second kappa shape index (κ2) is 6.11. The molecule has 1 spiro atoms. The van der Waals surface area contributed by atoms with E-state index in [4.69, 9.17) is 14.3 Å². The first kappa shape index (κ1) is 20.2. The van der Waals surface area contributed by atoms with Crippen molar-refractivity contribution in [1.82, 2.24) is 0 Å². The van der Waals surface area contributed by atoms with E-state index in [1.165, 1.54) is 12.0 Å². The summed E-state index contributed by atoms with van der Waals surface area (Å²) in [4.78, 5) is 17.4. The number of hydrogen-bond acceptors (Lipinski definition) is 5. The zero-order chi connectivity index (χ0) is 21.8. The Kier molecular flexibility index (Phi) is 3.97. The van der Waals surface area contributed by atoms with Crippen molar-refractivity contribution in [2.24, 2.45) is 45.6 Å². The fourth-order valence-corrected chi connectivity index (χ4v) is 8.52. The summed E-state index contributed by atoms with van der Waals surface area (Å²) < 4.78 is 13.0. The molecule has 0 aromatic carbocycles. The lowest BCUT2D eigenvalue weighted by atomic mass is 9.47. The van der Waals surface area contributed by atoms with Gasteiger partial charge in [0.25, 0.3) is 0 Å². The number of ether oxygens (including phenoxy) is 2. The fraction of sp³-hybridized carbons (Fsp3) is 0.769. The van der Waals surface area contributed by atoms with E-state index in [1.54, 1.807) is 12.7 Å². The normalized spacial score (nSPS) is 51.6. The van der Waals surface area contributed by atoms with Gasteiger partial charge < -0.3 is 14.3 Å². The van der Waals surface area contributed by atoms with Crippen molar-refractivity contribution in [1.29, 1.82) is 0 Å². The molecule has 31 heavy (non-hydrogen) atoms. The molecule has 0 bridgehead atoms. The molecule has 168 valence electrons. The smallest absolute Gasteiger partial charge is 0.163 e. The van der Waals surface area contributed by atoms with Crippen molar-refractivity contribution >= 4 is 12.0 Å². The summed E-state index contributed by atoms with van der Waals surface area (Å²) in [7, 11) is 1.61. The van der Waals surface area contributed by atoms with Crippen LogP contribution in [0.5, 0.6) is 0 Å². The van der Waals surface area contributed by atoms with Crippen LogP contribution in [0.3, 0.4) is 0 Å².